The summed E-state index contributed by atoms with van der Waals surface area (Å²) in [5.41, 5.74) is 2.21. The number of halogens is 1. The normalized spacial score (nSPS) is 10.8. The van der Waals surface area contributed by atoms with Gasteiger partial charge < -0.3 is 10.1 Å². The monoisotopic (exact) mass is 437 g/mol. The standard InChI is InChI=1S/C21H16ClN5O4/c1-2-31-16-7-4-14(5-8-16)26-24-19-10-3-13(11-20(19)25-26)23-21(28)17-12-15(27(29)30)6-9-18(17)22/h3-12H,2H2,1H3,(H,23,28). The molecule has 0 bridgehead atoms. The van der Waals surface area contributed by atoms with Gasteiger partial charge in [-0.1, -0.05) is 11.6 Å². The van der Waals surface area contributed by atoms with Crippen LogP contribution in [0.15, 0.2) is 60.7 Å². The summed E-state index contributed by atoms with van der Waals surface area (Å²) in [6.07, 6.45) is 0. The fraction of sp³-hybridized carbons (Fsp3) is 0.0952. The molecule has 0 spiro atoms. The van der Waals surface area contributed by atoms with Crippen molar-refractivity contribution < 1.29 is 14.5 Å². The van der Waals surface area contributed by atoms with Crippen molar-refractivity contribution in [3.8, 4) is 11.4 Å². The summed E-state index contributed by atoms with van der Waals surface area (Å²) in [6.45, 7) is 2.50. The number of anilines is 1. The highest BCUT2D eigenvalue weighted by Gasteiger charge is 2.16. The number of aromatic nitrogens is 3. The summed E-state index contributed by atoms with van der Waals surface area (Å²) in [6, 6.07) is 16.1. The van der Waals surface area contributed by atoms with Crippen molar-refractivity contribution >= 4 is 39.9 Å². The number of nitro groups is 1. The molecule has 1 amide bonds. The zero-order valence-corrected chi connectivity index (χ0v) is 17.0. The van der Waals surface area contributed by atoms with Gasteiger partial charge in [-0.25, -0.2) is 0 Å². The van der Waals surface area contributed by atoms with Crippen molar-refractivity contribution in [3.05, 3.63) is 81.4 Å². The summed E-state index contributed by atoms with van der Waals surface area (Å²) in [4.78, 5) is 24.5. The average molecular weight is 438 g/mol. The Labute approximate surface area is 181 Å². The van der Waals surface area contributed by atoms with E-state index in [2.05, 4.69) is 15.5 Å². The lowest BCUT2D eigenvalue weighted by Crippen LogP contribution is -2.12. The van der Waals surface area contributed by atoms with E-state index in [0.29, 0.717) is 23.3 Å². The molecule has 0 aliphatic carbocycles. The second-order valence-electron chi connectivity index (χ2n) is 6.50. The molecule has 31 heavy (non-hydrogen) atoms. The molecule has 0 atom stereocenters. The van der Waals surface area contributed by atoms with Gasteiger partial charge in [0.15, 0.2) is 0 Å². The predicted octanol–water partition coefficient (Wildman–Crippen LogP) is 4.63. The van der Waals surface area contributed by atoms with Crippen LogP contribution in [0.5, 0.6) is 5.75 Å². The van der Waals surface area contributed by atoms with Crippen LogP contribution in [0.2, 0.25) is 5.02 Å². The van der Waals surface area contributed by atoms with Gasteiger partial charge in [-0.05, 0) is 55.5 Å². The lowest BCUT2D eigenvalue weighted by molar-refractivity contribution is -0.384. The molecule has 0 fully saturated rings. The number of carbonyl (C=O) groups excluding carboxylic acids is 1. The lowest BCUT2D eigenvalue weighted by Gasteiger charge is -2.06. The number of nitro benzene ring substituents is 1. The van der Waals surface area contributed by atoms with Crippen LogP contribution in [0.1, 0.15) is 17.3 Å². The second kappa shape index (κ2) is 8.41. The largest absolute Gasteiger partial charge is 0.494 e. The minimum atomic E-state index is -0.585. The molecule has 1 N–H and O–H groups in total. The quantitative estimate of drug-likeness (QED) is 0.347. The maximum Gasteiger partial charge on any atom is 0.270 e. The molecule has 156 valence electrons. The molecule has 3 aromatic carbocycles. The van der Waals surface area contributed by atoms with Crippen molar-refractivity contribution in [3.63, 3.8) is 0 Å². The third kappa shape index (κ3) is 4.31. The van der Waals surface area contributed by atoms with Gasteiger partial charge in [0.1, 0.15) is 16.8 Å². The van der Waals surface area contributed by atoms with Gasteiger partial charge in [-0.3, -0.25) is 14.9 Å². The fourth-order valence-electron chi connectivity index (χ4n) is 2.95. The third-order valence-corrected chi connectivity index (χ3v) is 4.75. The number of non-ortho nitro benzene ring substituents is 1. The molecule has 9 nitrogen and oxygen atoms in total. The number of benzene rings is 3. The Kier molecular flexibility index (Phi) is 5.50. The Morgan fingerprint density at radius 1 is 1.10 bits per heavy atom. The highest BCUT2D eigenvalue weighted by molar-refractivity contribution is 6.34. The maximum atomic E-state index is 12.6. The van der Waals surface area contributed by atoms with E-state index in [1.807, 2.05) is 31.2 Å². The summed E-state index contributed by atoms with van der Waals surface area (Å²) >= 11 is 6.04. The van der Waals surface area contributed by atoms with Crippen molar-refractivity contribution in [1.29, 1.82) is 0 Å². The second-order valence-corrected chi connectivity index (χ2v) is 6.90. The van der Waals surface area contributed by atoms with Crippen LogP contribution in [-0.4, -0.2) is 32.4 Å². The zero-order chi connectivity index (χ0) is 22.0. The minimum absolute atomic E-state index is 0.00834. The topological polar surface area (TPSA) is 112 Å². The molecular weight excluding hydrogens is 422 g/mol. The molecule has 4 rings (SSSR count). The summed E-state index contributed by atoms with van der Waals surface area (Å²) in [7, 11) is 0. The summed E-state index contributed by atoms with van der Waals surface area (Å²) in [5, 5.41) is 22.7. The highest BCUT2D eigenvalue weighted by atomic mass is 35.5. The van der Waals surface area contributed by atoms with Crippen LogP contribution in [-0.2, 0) is 0 Å². The third-order valence-electron chi connectivity index (χ3n) is 4.42. The van der Waals surface area contributed by atoms with E-state index in [4.69, 9.17) is 16.3 Å². The van der Waals surface area contributed by atoms with Gasteiger partial charge in [-0.15, -0.1) is 10.2 Å². The molecule has 0 aliphatic rings. The van der Waals surface area contributed by atoms with Crippen LogP contribution in [0, 0.1) is 10.1 Å². The summed E-state index contributed by atoms with van der Waals surface area (Å²) < 4.78 is 5.44. The molecule has 0 saturated heterocycles. The van der Waals surface area contributed by atoms with Crippen LogP contribution in [0.4, 0.5) is 11.4 Å². The van der Waals surface area contributed by atoms with Crippen LogP contribution in [0.3, 0.4) is 0 Å². The smallest absolute Gasteiger partial charge is 0.270 e. The predicted molar refractivity (Wildman–Crippen MR) is 116 cm³/mol. The van der Waals surface area contributed by atoms with Crippen molar-refractivity contribution in [2.75, 3.05) is 11.9 Å². The van der Waals surface area contributed by atoms with Crippen LogP contribution >= 0.6 is 11.6 Å². The number of hydrogen-bond donors (Lipinski definition) is 1. The van der Waals surface area contributed by atoms with Crippen LogP contribution < -0.4 is 10.1 Å². The Morgan fingerprint density at radius 3 is 2.55 bits per heavy atom. The lowest BCUT2D eigenvalue weighted by atomic mass is 10.1. The Morgan fingerprint density at radius 2 is 1.84 bits per heavy atom. The Hall–Kier alpha value is -3.98. The van der Waals surface area contributed by atoms with E-state index in [-0.39, 0.29) is 16.3 Å². The Bertz CT molecular complexity index is 1290. The summed E-state index contributed by atoms with van der Waals surface area (Å²) in [5.74, 6) is 0.194. The molecule has 0 radical (unpaired) electrons. The van der Waals surface area contributed by atoms with Crippen LogP contribution in [0.25, 0.3) is 16.7 Å². The molecule has 10 heteroatoms. The highest BCUT2D eigenvalue weighted by Crippen LogP contribution is 2.24. The fourth-order valence-corrected chi connectivity index (χ4v) is 3.15. The van der Waals surface area contributed by atoms with E-state index in [9.17, 15) is 14.9 Å². The number of fused-ring (bicyclic) bond motifs is 1. The number of hydrogen-bond acceptors (Lipinski definition) is 6. The number of nitrogens with zero attached hydrogens (tertiary/aromatic N) is 4. The first-order chi connectivity index (χ1) is 14.9. The van der Waals surface area contributed by atoms with Gasteiger partial charge in [0.2, 0.25) is 0 Å². The van der Waals surface area contributed by atoms with Gasteiger partial charge in [0.05, 0.1) is 27.8 Å². The van der Waals surface area contributed by atoms with Gasteiger partial charge in [-0.2, -0.15) is 4.80 Å². The van der Waals surface area contributed by atoms with E-state index >= 15 is 0 Å². The van der Waals surface area contributed by atoms with Crippen molar-refractivity contribution in [2.24, 2.45) is 0 Å². The van der Waals surface area contributed by atoms with Gasteiger partial charge in [0, 0.05) is 17.8 Å². The molecule has 1 aromatic heterocycles. The SMILES string of the molecule is CCOc1ccc(-n2nc3ccc(NC(=O)c4cc([N+](=O)[O-])ccc4Cl)cc3n2)cc1. The van der Waals surface area contributed by atoms with E-state index in [0.717, 1.165) is 17.5 Å². The number of amides is 1. The number of ether oxygens (including phenoxy) is 1. The molecule has 0 unspecified atom stereocenters. The zero-order valence-electron chi connectivity index (χ0n) is 16.3. The minimum Gasteiger partial charge on any atom is -0.494 e. The average Bonchev–Trinajstić information content (AvgIpc) is 3.18. The number of carbonyl (C=O) groups is 1. The van der Waals surface area contributed by atoms with E-state index in [1.165, 1.54) is 16.9 Å². The van der Waals surface area contributed by atoms with Gasteiger partial charge in [0.25, 0.3) is 11.6 Å². The van der Waals surface area contributed by atoms with Crippen molar-refractivity contribution in [2.45, 2.75) is 6.92 Å². The number of nitrogens with one attached hydrogen (secondary N) is 1. The van der Waals surface area contributed by atoms with Gasteiger partial charge >= 0.3 is 0 Å². The molecule has 0 aliphatic heterocycles. The molecular formula is C21H16ClN5O4. The first kappa shape index (κ1) is 20.3. The van der Waals surface area contributed by atoms with E-state index < -0.39 is 10.8 Å². The van der Waals surface area contributed by atoms with Crippen molar-refractivity contribution in [1.82, 2.24) is 15.0 Å². The molecule has 0 saturated carbocycles. The number of rotatable bonds is 6. The molecule has 1 heterocycles. The first-order valence-electron chi connectivity index (χ1n) is 9.30. The molecule has 4 aromatic rings. The maximum absolute atomic E-state index is 12.6. The Balaban J connectivity index is 1.58. The van der Waals surface area contributed by atoms with E-state index in [1.54, 1.807) is 18.2 Å². The first-order valence-corrected chi connectivity index (χ1v) is 9.68.